The first-order chi connectivity index (χ1) is 22.6. The summed E-state index contributed by atoms with van der Waals surface area (Å²) in [7, 11) is 0. The van der Waals surface area contributed by atoms with Gasteiger partial charge in [0.2, 0.25) is 0 Å². The summed E-state index contributed by atoms with van der Waals surface area (Å²) >= 11 is 0. The average molecular weight is 625 g/mol. The van der Waals surface area contributed by atoms with E-state index in [4.69, 9.17) is 23.5 Å². The van der Waals surface area contributed by atoms with Crippen LogP contribution in [0, 0.1) is 0 Å². The van der Waals surface area contributed by atoms with Crippen molar-refractivity contribution in [2.45, 2.75) is 52.5 Å². The molecule has 0 saturated heterocycles. The number of ether oxygens (including phenoxy) is 4. The number of esters is 2. The molecule has 0 N–H and O–H groups in total. The van der Waals surface area contributed by atoms with Gasteiger partial charge in [-0.3, -0.25) is 9.59 Å². The molecular weight excluding hydrogens is 584 g/mol. The Hall–Kier alpha value is -5.05. The second-order valence-electron chi connectivity index (χ2n) is 10.8. The van der Waals surface area contributed by atoms with Gasteiger partial charge in [-0.05, 0) is 87.6 Å². The minimum atomic E-state index is -0.326. The third-order valence-electron chi connectivity index (χ3n) is 7.46. The number of aryl methyl sites for hydroxylation is 1. The van der Waals surface area contributed by atoms with E-state index in [2.05, 4.69) is 5.16 Å². The Morgan fingerprint density at radius 2 is 1.48 bits per heavy atom. The molecule has 0 unspecified atom stereocenters. The molecule has 5 aromatic rings. The van der Waals surface area contributed by atoms with Crippen LogP contribution in [0.15, 0.2) is 89.6 Å². The number of aromatic nitrogens is 2. The van der Waals surface area contributed by atoms with E-state index in [9.17, 15) is 9.59 Å². The molecule has 0 bridgehead atoms. The van der Waals surface area contributed by atoms with Crippen LogP contribution in [0.2, 0.25) is 0 Å². The Bertz CT molecular complexity index is 1710. The number of unbranched alkanes of at least 4 members (excludes halogenated alkanes) is 1. The maximum Gasteiger partial charge on any atom is 0.325 e. The Labute approximate surface area is 269 Å². The Morgan fingerprint density at radius 1 is 0.783 bits per heavy atom. The first-order valence-electron chi connectivity index (χ1n) is 15.9. The van der Waals surface area contributed by atoms with Crippen molar-refractivity contribution in [1.29, 1.82) is 0 Å². The van der Waals surface area contributed by atoms with Crippen molar-refractivity contribution in [3.05, 3.63) is 90.6 Å². The molecule has 9 heteroatoms. The molecule has 2 heterocycles. The third-order valence-corrected chi connectivity index (χ3v) is 7.46. The number of carbonyl (C=O) groups is 2. The van der Waals surface area contributed by atoms with E-state index in [1.54, 1.807) is 13.8 Å². The SMILES string of the molecule is CCOC(=O)CCCc1cn(CC(=O)OCC)c2c(-c3cc(-c4ccc(OCCCCOc5ccccc5)cc4)no3)cccc12. The van der Waals surface area contributed by atoms with Gasteiger partial charge in [-0.2, -0.15) is 0 Å². The number of hydrogen-bond donors (Lipinski definition) is 0. The average Bonchev–Trinajstić information content (AvgIpc) is 3.69. The van der Waals surface area contributed by atoms with Gasteiger partial charge in [-0.1, -0.05) is 35.5 Å². The van der Waals surface area contributed by atoms with E-state index in [-0.39, 0.29) is 18.5 Å². The summed E-state index contributed by atoms with van der Waals surface area (Å²) in [6, 6.07) is 25.4. The number of carbonyl (C=O) groups excluding carboxylic acids is 2. The topological polar surface area (TPSA) is 102 Å². The van der Waals surface area contributed by atoms with Crippen molar-refractivity contribution in [2.24, 2.45) is 0 Å². The lowest BCUT2D eigenvalue weighted by atomic mass is 10.0. The molecule has 2 aromatic heterocycles. The van der Waals surface area contributed by atoms with E-state index in [1.807, 2.05) is 89.6 Å². The summed E-state index contributed by atoms with van der Waals surface area (Å²) < 4.78 is 29.7. The van der Waals surface area contributed by atoms with Crippen LogP contribution in [0.4, 0.5) is 0 Å². The Balaban J connectivity index is 1.26. The fourth-order valence-electron chi connectivity index (χ4n) is 5.32. The van der Waals surface area contributed by atoms with Crippen LogP contribution >= 0.6 is 0 Å². The van der Waals surface area contributed by atoms with Gasteiger partial charge in [-0.25, -0.2) is 0 Å². The maximum absolute atomic E-state index is 12.5. The lowest BCUT2D eigenvalue weighted by Gasteiger charge is -2.08. The molecule has 0 radical (unpaired) electrons. The zero-order chi connectivity index (χ0) is 32.1. The van der Waals surface area contributed by atoms with Crippen LogP contribution in [0.5, 0.6) is 11.5 Å². The zero-order valence-electron chi connectivity index (χ0n) is 26.4. The molecule has 0 aliphatic carbocycles. The van der Waals surface area contributed by atoms with Crippen LogP contribution in [-0.2, 0) is 32.0 Å². The van der Waals surface area contributed by atoms with E-state index in [1.165, 1.54) is 0 Å². The molecule has 0 saturated carbocycles. The molecule has 0 amide bonds. The van der Waals surface area contributed by atoms with E-state index in [0.29, 0.717) is 57.1 Å². The zero-order valence-corrected chi connectivity index (χ0v) is 26.4. The molecule has 46 heavy (non-hydrogen) atoms. The quantitative estimate of drug-likeness (QED) is 0.0768. The monoisotopic (exact) mass is 624 g/mol. The smallest absolute Gasteiger partial charge is 0.325 e. The molecule has 9 nitrogen and oxygen atoms in total. The van der Waals surface area contributed by atoms with Crippen molar-refractivity contribution in [3.63, 3.8) is 0 Å². The van der Waals surface area contributed by atoms with Gasteiger partial charge in [0.15, 0.2) is 5.76 Å². The number of nitrogens with zero attached hydrogens (tertiary/aromatic N) is 2. The van der Waals surface area contributed by atoms with E-state index in [0.717, 1.165) is 51.9 Å². The van der Waals surface area contributed by atoms with Crippen LogP contribution in [0.25, 0.3) is 33.5 Å². The molecule has 0 fully saturated rings. The molecule has 0 aliphatic heterocycles. The van der Waals surface area contributed by atoms with Crippen LogP contribution in [0.3, 0.4) is 0 Å². The largest absolute Gasteiger partial charge is 0.494 e. The number of para-hydroxylation sites is 2. The molecule has 3 aromatic carbocycles. The van der Waals surface area contributed by atoms with Gasteiger partial charge in [0, 0.05) is 35.2 Å². The highest BCUT2D eigenvalue weighted by molar-refractivity contribution is 5.96. The molecular formula is C37H40N2O7. The van der Waals surface area contributed by atoms with Crippen molar-refractivity contribution < 1.29 is 33.1 Å². The molecule has 0 atom stereocenters. The summed E-state index contributed by atoms with van der Waals surface area (Å²) in [6.45, 7) is 5.57. The van der Waals surface area contributed by atoms with Crippen molar-refractivity contribution in [3.8, 4) is 34.1 Å². The minimum Gasteiger partial charge on any atom is -0.494 e. The summed E-state index contributed by atoms with van der Waals surface area (Å²) in [4.78, 5) is 24.4. The fraction of sp³-hybridized carbons (Fsp3) is 0.324. The second-order valence-corrected chi connectivity index (χ2v) is 10.8. The number of benzene rings is 3. The third kappa shape index (κ3) is 8.56. The lowest BCUT2D eigenvalue weighted by molar-refractivity contribution is -0.144. The number of rotatable bonds is 17. The van der Waals surface area contributed by atoms with Crippen molar-refractivity contribution >= 4 is 22.8 Å². The Morgan fingerprint density at radius 3 is 2.20 bits per heavy atom. The lowest BCUT2D eigenvalue weighted by Crippen LogP contribution is -2.12. The summed E-state index contributed by atoms with van der Waals surface area (Å²) in [6.07, 6.45) is 5.37. The first-order valence-corrected chi connectivity index (χ1v) is 15.9. The first kappa shape index (κ1) is 32.3. The highest BCUT2D eigenvalue weighted by Crippen LogP contribution is 2.35. The van der Waals surface area contributed by atoms with Crippen molar-refractivity contribution in [1.82, 2.24) is 9.72 Å². The van der Waals surface area contributed by atoms with Gasteiger partial charge in [0.1, 0.15) is 23.7 Å². The molecule has 0 aliphatic rings. The summed E-state index contributed by atoms with van der Waals surface area (Å²) in [5.41, 5.74) is 4.28. The highest BCUT2D eigenvalue weighted by atomic mass is 16.5. The fourth-order valence-corrected chi connectivity index (χ4v) is 5.32. The predicted molar refractivity (Wildman–Crippen MR) is 176 cm³/mol. The van der Waals surface area contributed by atoms with Gasteiger partial charge in [-0.15, -0.1) is 0 Å². The second kappa shape index (κ2) is 16.3. The standard InChI is InChI=1S/C37H40N2O7/c1-3-42-35(40)17-10-12-28-25-39(26-36(41)43-4-2)37-31(28)15-11-16-32(37)34-24-33(38-46-34)27-18-20-30(21-19-27)45-23-9-8-22-44-29-13-6-5-7-14-29/h5-7,11,13-16,18-21,24-25H,3-4,8-10,12,17,22-23,26H2,1-2H3. The molecule has 240 valence electrons. The van der Waals surface area contributed by atoms with Gasteiger partial charge >= 0.3 is 11.9 Å². The molecule has 0 spiro atoms. The minimum absolute atomic E-state index is 0.0573. The van der Waals surface area contributed by atoms with Gasteiger partial charge in [0.25, 0.3) is 0 Å². The highest BCUT2D eigenvalue weighted by Gasteiger charge is 2.19. The van der Waals surface area contributed by atoms with Gasteiger partial charge < -0.3 is 28.0 Å². The van der Waals surface area contributed by atoms with Crippen LogP contribution in [0.1, 0.15) is 45.1 Å². The number of hydrogen-bond acceptors (Lipinski definition) is 8. The summed E-state index contributed by atoms with van der Waals surface area (Å²) in [5.74, 6) is 1.71. The Kier molecular flexibility index (Phi) is 11.5. The molecule has 5 rings (SSSR count). The van der Waals surface area contributed by atoms with Crippen LogP contribution in [-0.4, -0.2) is 48.1 Å². The summed E-state index contributed by atoms with van der Waals surface area (Å²) in [5, 5.41) is 5.33. The van der Waals surface area contributed by atoms with Gasteiger partial charge in [0.05, 0.1) is 31.9 Å². The van der Waals surface area contributed by atoms with E-state index >= 15 is 0 Å². The van der Waals surface area contributed by atoms with Crippen molar-refractivity contribution in [2.75, 3.05) is 26.4 Å². The number of fused-ring (bicyclic) bond motifs is 1. The normalized spacial score (nSPS) is 11.0. The predicted octanol–water partition coefficient (Wildman–Crippen LogP) is 7.65. The maximum atomic E-state index is 12.5. The van der Waals surface area contributed by atoms with Crippen LogP contribution < -0.4 is 9.47 Å². The van der Waals surface area contributed by atoms with E-state index < -0.39 is 0 Å².